The van der Waals surface area contributed by atoms with Crippen LogP contribution in [0, 0.1) is 5.82 Å². The Kier molecular flexibility index (Phi) is 4.35. The maximum Gasteiger partial charge on any atom is 0.227 e. The Bertz CT molecular complexity index is 625. The maximum absolute atomic E-state index is 13.7. The first-order valence-electron chi connectivity index (χ1n) is 7.81. The lowest BCUT2D eigenvalue weighted by atomic mass is 9.87. The van der Waals surface area contributed by atoms with Gasteiger partial charge in [-0.3, -0.25) is 9.59 Å². The van der Waals surface area contributed by atoms with E-state index in [1.165, 1.54) is 24.1 Å². The van der Waals surface area contributed by atoms with Gasteiger partial charge in [-0.15, -0.1) is 0 Å². The normalized spacial score (nSPS) is 24.3. The minimum absolute atomic E-state index is 0.0180. The molecular formula is C17H20FNO4. The van der Waals surface area contributed by atoms with Gasteiger partial charge < -0.3 is 14.4 Å². The van der Waals surface area contributed by atoms with E-state index in [2.05, 4.69) is 0 Å². The van der Waals surface area contributed by atoms with E-state index in [0.29, 0.717) is 25.1 Å². The average molecular weight is 321 g/mol. The van der Waals surface area contributed by atoms with Crippen LogP contribution >= 0.6 is 0 Å². The number of carbonyl (C=O) groups is 2. The zero-order chi connectivity index (χ0) is 16.4. The summed E-state index contributed by atoms with van der Waals surface area (Å²) in [7, 11) is 1.39. The number of hydrogen-bond donors (Lipinski definition) is 0. The SMILES string of the molecule is COc1ccc(CC(=O)N2CC[C@@]3(CCCO3)C(=O)C2)cc1F. The molecule has 5 nitrogen and oxygen atoms in total. The van der Waals surface area contributed by atoms with Crippen molar-refractivity contribution in [3.8, 4) is 5.75 Å². The molecule has 1 spiro atoms. The van der Waals surface area contributed by atoms with Crippen LogP contribution in [0.3, 0.4) is 0 Å². The van der Waals surface area contributed by atoms with Crippen LogP contribution in [0.2, 0.25) is 0 Å². The molecule has 0 bridgehead atoms. The van der Waals surface area contributed by atoms with Gasteiger partial charge in [0.05, 0.1) is 20.1 Å². The van der Waals surface area contributed by atoms with Gasteiger partial charge in [0.25, 0.3) is 0 Å². The number of rotatable bonds is 3. The number of carbonyl (C=O) groups excluding carboxylic acids is 2. The van der Waals surface area contributed by atoms with Gasteiger partial charge in [0.2, 0.25) is 5.91 Å². The van der Waals surface area contributed by atoms with Crippen LogP contribution in [0.25, 0.3) is 0 Å². The highest BCUT2D eigenvalue weighted by Gasteiger charge is 2.46. The number of piperidine rings is 1. The van der Waals surface area contributed by atoms with Crippen molar-refractivity contribution in [2.45, 2.75) is 31.3 Å². The van der Waals surface area contributed by atoms with E-state index in [-0.39, 0.29) is 30.4 Å². The number of Topliss-reactive ketones (excluding diaryl/α,β-unsaturated/α-hetero) is 1. The van der Waals surface area contributed by atoms with Gasteiger partial charge in [0, 0.05) is 19.6 Å². The number of nitrogens with zero attached hydrogens (tertiary/aromatic N) is 1. The standard InChI is InChI=1S/C17H20FNO4/c1-22-14-4-3-12(9-13(14)18)10-16(21)19-7-6-17(15(20)11-19)5-2-8-23-17/h3-4,9H,2,5-8,10-11H2,1H3/t17-/m0/s1. The minimum atomic E-state index is -0.664. The second-order valence-electron chi connectivity index (χ2n) is 6.08. The van der Waals surface area contributed by atoms with E-state index in [9.17, 15) is 14.0 Å². The molecule has 2 aliphatic rings. The molecule has 1 aromatic rings. The van der Waals surface area contributed by atoms with Gasteiger partial charge in [-0.25, -0.2) is 4.39 Å². The van der Waals surface area contributed by atoms with E-state index in [4.69, 9.17) is 9.47 Å². The fraction of sp³-hybridized carbons (Fsp3) is 0.529. The number of halogens is 1. The van der Waals surface area contributed by atoms with Crippen LogP contribution < -0.4 is 4.74 Å². The quantitative estimate of drug-likeness (QED) is 0.851. The molecule has 2 aliphatic heterocycles. The number of methoxy groups -OCH3 is 1. The van der Waals surface area contributed by atoms with E-state index < -0.39 is 11.4 Å². The summed E-state index contributed by atoms with van der Waals surface area (Å²) in [6.45, 7) is 1.20. The Labute approximate surface area is 134 Å². The number of benzene rings is 1. The number of amides is 1. The molecule has 0 saturated carbocycles. The molecule has 0 aromatic heterocycles. The predicted molar refractivity (Wildman–Crippen MR) is 80.8 cm³/mol. The van der Waals surface area contributed by atoms with Gasteiger partial charge in [-0.2, -0.15) is 0 Å². The van der Waals surface area contributed by atoms with Crippen molar-refractivity contribution in [1.29, 1.82) is 0 Å². The average Bonchev–Trinajstić information content (AvgIpc) is 3.00. The Morgan fingerprint density at radius 2 is 2.26 bits per heavy atom. The lowest BCUT2D eigenvalue weighted by Crippen LogP contribution is -2.54. The molecule has 23 heavy (non-hydrogen) atoms. The Balaban J connectivity index is 1.63. The molecule has 2 heterocycles. The summed E-state index contributed by atoms with van der Waals surface area (Å²) in [5.74, 6) is -0.535. The molecule has 0 N–H and O–H groups in total. The zero-order valence-electron chi connectivity index (χ0n) is 13.1. The van der Waals surface area contributed by atoms with Crippen LogP contribution in [0.1, 0.15) is 24.8 Å². The van der Waals surface area contributed by atoms with E-state index >= 15 is 0 Å². The highest BCUT2D eigenvalue weighted by Crippen LogP contribution is 2.33. The highest BCUT2D eigenvalue weighted by atomic mass is 19.1. The summed E-state index contributed by atoms with van der Waals surface area (Å²) in [6, 6.07) is 4.46. The van der Waals surface area contributed by atoms with E-state index in [0.717, 1.165) is 12.8 Å². The smallest absolute Gasteiger partial charge is 0.227 e. The van der Waals surface area contributed by atoms with Crippen LogP contribution in [-0.4, -0.2) is 49.0 Å². The monoisotopic (exact) mass is 321 g/mol. The van der Waals surface area contributed by atoms with Crippen molar-refractivity contribution in [2.24, 2.45) is 0 Å². The van der Waals surface area contributed by atoms with Gasteiger partial charge in [-0.05, 0) is 30.5 Å². The molecular weight excluding hydrogens is 301 g/mol. The topological polar surface area (TPSA) is 55.8 Å². The fourth-order valence-electron chi connectivity index (χ4n) is 3.29. The van der Waals surface area contributed by atoms with Gasteiger partial charge in [0.15, 0.2) is 17.3 Å². The molecule has 2 saturated heterocycles. The van der Waals surface area contributed by atoms with Crippen LogP contribution in [0.5, 0.6) is 5.75 Å². The molecule has 1 amide bonds. The Hall–Kier alpha value is -1.95. The predicted octanol–water partition coefficient (Wildman–Crippen LogP) is 1.73. The molecule has 0 unspecified atom stereocenters. The summed E-state index contributed by atoms with van der Waals surface area (Å²) in [6.07, 6.45) is 2.26. The number of ether oxygens (including phenoxy) is 2. The third-order valence-corrected chi connectivity index (χ3v) is 4.66. The fourth-order valence-corrected chi connectivity index (χ4v) is 3.29. The lowest BCUT2D eigenvalue weighted by Gasteiger charge is -2.37. The van der Waals surface area contributed by atoms with Crippen molar-refractivity contribution >= 4 is 11.7 Å². The Morgan fingerprint density at radius 3 is 2.87 bits per heavy atom. The van der Waals surface area contributed by atoms with Crippen molar-refractivity contribution in [2.75, 3.05) is 26.8 Å². The highest BCUT2D eigenvalue weighted by molar-refractivity contribution is 5.94. The summed E-state index contributed by atoms with van der Waals surface area (Å²) in [4.78, 5) is 26.2. The van der Waals surface area contributed by atoms with Gasteiger partial charge >= 0.3 is 0 Å². The molecule has 6 heteroatoms. The lowest BCUT2D eigenvalue weighted by molar-refractivity contribution is -0.152. The number of hydrogen-bond acceptors (Lipinski definition) is 4. The van der Waals surface area contributed by atoms with Crippen molar-refractivity contribution in [3.63, 3.8) is 0 Å². The van der Waals surface area contributed by atoms with Crippen molar-refractivity contribution in [1.82, 2.24) is 4.90 Å². The maximum atomic E-state index is 13.7. The second-order valence-corrected chi connectivity index (χ2v) is 6.08. The molecule has 3 rings (SSSR count). The minimum Gasteiger partial charge on any atom is -0.494 e. The third kappa shape index (κ3) is 3.08. The molecule has 1 aromatic carbocycles. The molecule has 124 valence electrons. The summed E-state index contributed by atoms with van der Waals surface area (Å²) in [5.41, 5.74) is -0.0960. The molecule has 0 aliphatic carbocycles. The van der Waals surface area contributed by atoms with Crippen molar-refractivity contribution in [3.05, 3.63) is 29.6 Å². The summed E-state index contributed by atoms with van der Waals surface area (Å²) in [5, 5.41) is 0. The number of likely N-dealkylation sites (tertiary alicyclic amines) is 1. The van der Waals surface area contributed by atoms with Gasteiger partial charge in [0.1, 0.15) is 5.60 Å². The molecule has 1 atom stereocenters. The number of ketones is 1. The first-order valence-corrected chi connectivity index (χ1v) is 7.81. The molecule has 0 radical (unpaired) electrons. The van der Waals surface area contributed by atoms with Crippen LogP contribution in [0.15, 0.2) is 18.2 Å². The molecule has 2 fully saturated rings. The van der Waals surface area contributed by atoms with Crippen LogP contribution in [-0.2, 0) is 20.7 Å². The van der Waals surface area contributed by atoms with E-state index in [1.54, 1.807) is 6.07 Å². The summed E-state index contributed by atoms with van der Waals surface area (Å²) < 4.78 is 24.2. The van der Waals surface area contributed by atoms with E-state index in [1.807, 2.05) is 0 Å². The zero-order valence-corrected chi connectivity index (χ0v) is 13.1. The van der Waals surface area contributed by atoms with Crippen molar-refractivity contribution < 1.29 is 23.5 Å². The largest absolute Gasteiger partial charge is 0.494 e. The first kappa shape index (κ1) is 15.9. The van der Waals surface area contributed by atoms with Gasteiger partial charge in [-0.1, -0.05) is 6.07 Å². The van der Waals surface area contributed by atoms with Crippen LogP contribution in [0.4, 0.5) is 4.39 Å². The third-order valence-electron chi connectivity index (χ3n) is 4.66. The summed E-state index contributed by atoms with van der Waals surface area (Å²) >= 11 is 0. The second kappa shape index (κ2) is 6.28. The Morgan fingerprint density at radius 1 is 1.43 bits per heavy atom. The first-order chi connectivity index (χ1) is 11.0.